The van der Waals surface area contributed by atoms with Gasteiger partial charge in [0.15, 0.2) is 0 Å². The van der Waals surface area contributed by atoms with E-state index in [2.05, 4.69) is 28.2 Å². The minimum Gasteiger partial charge on any atom is -0.491 e. The summed E-state index contributed by atoms with van der Waals surface area (Å²) in [6.07, 6.45) is 4.68. The molecular formula is C21H17N3O3. The normalized spacial score (nSPS) is 13.9. The number of aromatic amines is 1. The molecule has 27 heavy (non-hydrogen) atoms. The number of carbonyl (C=O) groups excluding carboxylic acids is 1. The largest absolute Gasteiger partial charge is 0.491 e. The molecule has 1 N–H and O–H groups in total. The highest BCUT2D eigenvalue weighted by Gasteiger charge is 2.22. The Hall–Kier alpha value is -3.54. The van der Waals surface area contributed by atoms with Crippen molar-refractivity contribution in [3.8, 4) is 16.9 Å². The summed E-state index contributed by atoms with van der Waals surface area (Å²) in [5, 5.41) is 0. The van der Waals surface area contributed by atoms with Crippen LogP contribution in [-0.2, 0) is 6.54 Å². The molecule has 0 unspecified atom stereocenters. The number of nitrogens with one attached hydrogen (secondary N) is 1. The number of fused-ring (bicyclic) bond motifs is 2. The summed E-state index contributed by atoms with van der Waals surface area (Å²) >= 11 is 0. The van der Waals surface area contributed by atoms with Gasteiger partial charge in [-0.15, -0.1) is 0 Å². The molecule has 0 fully saturated rings. The summed E-state index contributed by atoms with van der Waals surface area (Å²) in [5.41, 5.74) is 5.65. The number of rotatable bonds is 2. The molecular weight excluding hydrogens is 342 g/mol. The summed E-state index contributed by atoms with van der Waals surface area (Å²) in [7, 11) is 0. The first-order valence-electron chi connectivity index (χ1n) is 8.79. The van der Waals surface area contributed by atoms with E-state index in [4.69, 9.17) is 9.15 Å². The van der Waals surface area contributed by atoms with Gasteiger partial charge in [-0.3, -0.25) is 4.79 Å². The zero-order chi connectivity index (χ0) is 18.2. The van der Waals surface area contributed by atoms with Crippen molar-refractivity contribution in [1.29, 1.82) is 0 Å². The Morgan fingerprint density at radius 2 is 2.00 bits per heavy atom. The number of imidazole rings is 1. The minimum atomic E-state index is -0.0514. The number of aromatic nitrogens is 2. The van der Waals surface area contributed by atoms with Crippen LogP contribution in [0.4, 0.5) is 0 Å². The predicted molar refractivity (Wildman–Crippen MR) is 100 cm³/mol. The van der Waals surface area contributed by atoms with Crippen LogP contribution in [-0.4, -0.2) is 33.9 Å². The van der Waals surface area contributed by atoms with Crippen molar-refractivity contribution in [2.24, 2.45) is 0 Å². The van der Waals surface area contributed by atoms with Crippen molar-refractivity contribution < 1.29 is 13.9 Å². The molecule has 134 valence electrons. The van der Waals surface area contributed by atoms with Gasteiger partial charge in [-0.25, -0.2) is 4.98 Å². The Bertz CT molecular complexity index is 1110. The number of hydrogen-bond donors (Lipinski definition) is 1. The van der Waals surface area contributed by atoms with Crippen LogP contribution in [0.3, 0.4) is 0 Å². The zero-order valence-corrected chi connectivity index (χ0v) is 14.5. The van der Waals surface area contributed by atoms with Crippen molar-refractivity contribution in [2.75, 3.05) is 13.2 Å². The smallest absolute Gasteiger partial charge is 0.257 e. The molecule has 0 radical (unpaired) electrons. The number of ether oxygens (including phenoxy) is 1. The second-order valence-corrected chi connectivity index (χ2v) is 6.54. The number of benzene rings is 2. The van der Waals surface area contributed by atoms with Gasteiger partial charge in [0.2, 0.25) is 0 Å². The molecule has 0 bridgehead atoms. The van der Waals surface area contributed by atoms with E-state index in [-0.39, 0.29) is 5.91 Å². The Balaban J connectivity index is 1.49. The van der Waals surface area contributed by atoms with Crippen LogP contribution in [0.2, 0.25) is 0 Å². The molecule has 0 spiro atoms. The third-order valence-corrected chi connectivity index (χ3v) is 4.85. The SMILES string of the molecule is O=C(c1ccoc1)N1CCOc2ccc(-c3ccc4nc[nH]c4c3)cc2C1. The first-order chi connectivity index (χ1) is 13.3. The van der Waals surface area contributed by atoms with E-state index in [0.717, 1.165) is 33.5 Å². The average Bonchev–Trinajstić information content (AvgIpc) is 3.34. The van der Waals surface area contributed by atoms with Crippen molar-refractivity contribution in [1.82, 2.24) is 14.9 Å². The van der Waals surface area contributed by atoms with Gasteiger partial charge in [-0.05, 0) is 41.5 Å². The molecule has 0 aliphatic carbocycles. The monoisotopic (exact) mass is 359 g/mol. The third-order valence-electron chi connectivity index (χ3n) is 4.85. The van der Waals surface area contributed by atoms with Crippen LogP contribution in [0.15, 0.2) is 65.7 Å². The second kappa shape index (κ2) is 6.32. The molecule has 0 saturated heterocycles. The van der Waals surface area contributed by atoms with Gasteiger partial charge in [-0.2, -0.15) is 0 Å². The maximum Gasteiger partial charge on any atom is 0.257 e. The summed E-state index contributed by atoms with van der Waals surface area (Å²) in [6.45, 7) is 1.50. The molecule has 0 atom stereocenters. The van der Waals surface area contributed by atoms with E-state index in [1.807, 2.05) is 18.2 Å². The van der Waals surface area contributed by atoms with Gasteiger partial charge in [0.1, 0.15) is 18.6 Å². The quantitative estimate of drug-likeness (QED) is 0.590. The van der Waals surface area contributed by atoms with Crippen molar-refractivity contribution in [3.05, 3.63) is 72.4 Å². The van der Waals surface area contributed by atoms with E-state index in [1.54, 1.807) is 17.3 Å². The molecule has 1 aliphatic rings. The lowest BCUT2D eigenvalue weighted by Crippen LogP contribution is -2.32. The molecule has 6 heteroatoms. The Morgan fingerprint density at radius 1 is 1.11 bits per heavy atom. The average molecular weight is 359 g/mol. The molecule has 2 aromatic heterocycles. The predicted octanol–water partition coefficient (Wildman–Crippen LogP) is 3.86. The molecule has 0 saturated carbocycles. The van der Waals surface area contributed by atoms with Gasteiger partial charge >= 0.3 is 0 Å². The number of H-pyrrole nitrogens is 1. The summed E-state index contributed by atoms with van der Waals surface area (Å²) in [5.74, 6) is 0.772. The van der Waals surface area contributed by atoms with Gasteiger partial charge in [-0.1, -0.05) is 12.1 Å². The van der Waals surface area contributed by atoms with Crippen LogP contribution in [0.5, 0.6) is 5.75 Å². The molecule has 2 aromatic carbocycles. The molecule has 3 heterocycles. The maximum atomic E-state index is 12.7. The summed E-state index contributed by atoms with van der Waals surface area (Å²) in [6, 6.07) is 13.9. The lowest BCUT2D eigenvalue weighted by atomic mass is 10.0. The number of amides is 1. The zero-order valence-electron chi connectivity index (χ0n) is 14.5. The molecule has 6 nitrogen and oxygen atoms in total. The van der Waals surface area contributed by atoms with E-state index in [1.165, 1.54) is 12.5 Å². The van der Waals surface area contributed by atoms with Gasteiger partial charge in [0.05, 0.1) is 35.7 Å². The van der Waals surface area contributed by atoms with Crippen LogP contribution < -0.4 is 4.74 Å². The third kappa shape index (κ3) is 2.85. The number of hydrogen-bond acceptors (Lipinski definition) is 4. The Morgan fingerprint density at radius 3 is 2.89 bits per heavy atom. The van der Waals surface area contributed by atoms with Crippen LogP contribution >= 0.6 is 0 Å². The number of carbonyl (C=O) groups is 1. The van der Waals surface area contributed by atoms with E-state index in [0.29, 0.717) is 25.3 Å². The van der Waals surface area contributed by atoms with E-state index < -0.39 is 0 Å². The molecule has 1 aliphatic heterocycles. The van der Waals surface area contributed by atoms with Crippen LogP contribution in [0.1, 0.15) is 15.9 Å². The fourth-order valence-electron chi connectivity index (χ4n) is 3.43. The minimum absolute atomic E-state index is 0.0514. The van der Waals surface area contributed by atoms with Gasteiger partial charge < -0.3 is 19.0 Å². The van der Waals surface area contributed by atoms with Crippen molar-refractivity contribution in [2.45, 2.75) is 6.54 Å². The van der Waals surface area contributed by atoms with Gasteiger partial charge in [0.25, 0.3) is 5.91 Å². The first kappa shape index (κ1) is 15.7. The van der Waals surface area contributed by atoms with Crippen molar-refractivity contribution in [3.63, 3.8) is 0 Å². The topological polar surface area (TPSA) is 71.4 Å². The molecule has 5 rings (SSSR count). The molecule has 1 amide bonds. The lowest BCUT2D eigenvalue weighted by molar-refractivity contribution is 0.0732. The fraction of sp³-hybridized carbons (Fsp3) is 0.143. The summed E-state index contributed by atoms with van der Waals surface area (Å²) < 4.78 is 10.9. The molecule has 4 aromatic rings. The van der Waals surface area contributed by atoms with Crippen LogP contribution in [0.25, 0.3) is 22.2 Å². The lowest BCUT2D eigenvalue weighted by Gasteiger charge is -2.19. The van der Waals surface area contributed by atoms with Crippen LogP contribution in [0, 0.1) is 0 Å². The maximum absolute atomic E-state index is 12.7. The van der Waals surface area contributed by atoms with Crippen molar-refractivity contribution >= 4 is 16.9 Å². The Kier molecular flexibility index (Phi) is 3.67. The highest BCUT2D eigenvalue weighted by Crippen LogP contribution is 2.30. The number of furan rings is 1. The second-order valence-electron chi connectivity index (χ2n) is 6.54. The van der Waals surface area contributed by atoms with E-state index in [9.17, 15) is 4.79 Å². The highest BCUT2D eigenvalue weighted by atomic mass is 16.5. The highest BCUT2D eigenvalue weighted by molar-refractivity contribution is 5.94. The van der Waals surface area contributed by atoms with E-state index >= 15 is 0 Å². The standard InChI is InChI=1S/C21H17N3O3/c25-21(16-5-7-26-12-16)24-6-8-27-20-4-2-14(9-17(20)11-24)15-1-3-18-19(10-15)23-13-22-18/h1-5,7,9-10,12-13H,6,8,11H2,(H,22,23). The fourth-order valence-corrected chi connectivity index (χ4v) is 3.43. The first-order valence-corrected chi connectivity index (χ1v) is 8.79. The Labute approximate surface area is 155 Å². The summed E-state index contributed by atoms with van der Waals surface area (Å²) in [4.78, 5) is 21.9. The number of nitrogens with zero attached hydrogens (tertiary/aromatic N) is 2. The van der Waals surface area contributed by atoms with Gasteiger partial charge in [0, 0.05) is 12.1 Å².